The Morgan fingerprint density at radius 1 is 1.00 bits per heavy atom. The lowest BCUT2D eigenvalue weighted by atomic mass is 9.96. The Kier molecular flexibility index (Phi) is 12.5. The maximum atomic E-state index is 14.4. The first-order chi connectivity index (χ1) is 20.6. The summed E-state index contributed by atoms with van der Waals surface area (Å²) in [6, 6.07) is 18.9. The predicted octanol–water partition coefficient (Wildman–Crippen LogP) is 7.17. The van der Waals surface area contributed by atoms with E-state index in [-0.39, 0.29) is 11.8 Å². The number of carbonyl (C=O) groups excluding carboxylic acids is 3. The first-order valence-corrected chi connectivity index (χ1v) is 16.1. The lowest BCUT2D eigenvalue weighted by molar-refractivity contribution is -0.141. The van der Waals surface area contributed by atoms with E-state index >= 15 is 0 Å². The van der Waals surface area contributed by atoms with E-state index in [1.807, 2.05) is 60.9 Å². The molecule has 0 aliphatic heterocycles. The number of nitrogens with zero attached hydrogens (tertiary/aromatic N) is 1. The first-order valence-electron chi connectivity index (χ1n) is 14.7. The molecule has 2 N–H and O–H groups in total. The van der Waals surface area contributed by atoms with Crippen LogP contribution in [0, 0.1) is 12.3 Å². The molecule has 228 valence electrons. The minimum absolute atomic E-state index is 0.313. The number of ether oxygens (including phenoxy) is 1. The van der Waals surface area contributed by atoms with Gasteiger partial charge in [-0.25, -0.2) is 4.79 Å². The number of unbranched alkanes of at least 4 members (excludes halogenated alkanes) is 2. The van der Waals surface area contributed by atoms with Gasteiger partial charge < -0.3 is 20.3 Å². The molecule has 7 nitrogen and oxygen atoms in total. The largest absolute Gasteiger partial charge is 0.444 e. The van der Waals surface area contributed by atoms with Crippen LogP contribution in [0.4, 0.5) is 10.5 Å². The number of carbonyl (C=O) groups is 3. The lowest BCUT2D eigenvalue weighted by Crippen LogP contribution is -2.53. The Balaban J connectivity index is 2.06. The number of amides is 3. The van der Waals surface area contributed by atoms with Gasteiger partial charge in [0.1, 0.15) is 17.7 Å². The zero-order valence-corrected chi connectivity index (χ0v) is 26.6. The van der Waals surface area contributed by atoms with E-state index < -0.39 is 23.8 Å². The molecule has 0 aliphatic rings. The molecule has 0 saturated heterocycles. The van der Waals surface area contributed by atoms with E-state index in [9.17, 15) is 14.4 Å². The van der Waals surface area contributed by atoms with Crippen molar-refractivity contribution >= 4 is 46.1 Å². The van der Waals surface area contributed by atoms with Crippen molar-refractivity contribution in [2.45, 2.75) is 71.1 Å². The number of benzene rings is 3. The molecule has 3 aromatic carbocycles. The number of thioether (sulfide) groups is 1. The summed E-state index contributed by atoms with van der Waals surface area (Å²) in [7, 11) is 0. The number of hydrogen-bond donors (Lipinski definition) is 2. The average molecular weight is 602 g/mol. The molecule has 0 aliphatic carbocycles. The maximum Gasteiger partial charge on any atom is 0.408 e. The maximum absolute atomic E-state index is 14.4. The van der Waals surface area contributed by atoms with Crippen molar-refractivity contribution in [2.75, 3.05) is 23.9 Å². The van der Waals surface area contributed by atoms with Gasteiger partial charge in [-0.05, 0) is 80.2 Å². The Bertz CT molecular complexity index is 1440. The fourth-order valence-electron chi connectivity index (χ4n) is 4.84. The normalized spacial score (nSPS) is 12.6. The van der Waals surface area contributed by atoms with Gasteiger partial charge >= 0.3 is 6.09 Å². The van der Waals surface area contributed by atoms with Gasteiger partial charge in [0.25, 0.3) is 5.91 Å². The van der Waals surface area contributed by atoms with Crippen LogP contribution in [0.5, 0.6) is 0 Å². The van der Waals surface area contributed by atoms with Crippen LogP contribution < -0.4 is 10.6 Å². The number of anilines is 1. The van der Waals surface area contributed by atoms with Gasteiger partial charge in [-0.15, -0.1) is 6.42 Å². The van der Waals surface area contributed by atoms with Crippen LogP contribution in [0.2, 0.25) is 0 Å². The summed E-state index contributed by atoms with van der Waals surface area (Å²) < 4.78 is 5.49. The van der Waals surface area contributed by atoms with E-state index in [0.717, 1.165) is 23.6 Å². The molecule has 2 atom stereocenters. The summed E-state index contributed by atoms with van der Waals surface area (Å²) in [5, 5.41) is 7.86. The zero-order valence-electron chi connectivity index (χ0n) is 25.8. The summed E-state index contributed by atoms with van der Waals surface area (Å²) in [6.07, 6.45) is 10.0. The highest BCUT2D eigenvalue weighted by Crippen LogP contribution is 2.29. The Hall–Kier alpha value is -3.96. The number of fused-ring (bicyclic) bond motifs is 1. The Morgan fingerprint density at radius 2 is 1.70 bits per heavy atom. The van der Waals surface area contributed by atoms with Crippen LogP contribution in [-0.2, 0) is 14.3 Å². The number of terminal acetylenes is 1. The summed E-state index contributed by atoms with van der Waals surface area (Å²) in [4.78, 5) is 43.1. The SMILES string of the molecule is C#Cc1ccccc1C(C(=O)Nc1ccc2ccccc2c1)N(CCCCC)C(=O)C(CCSC)NC(=O)OC(C)(C)C. The molecular formula is C35H43N3O4S. The van der Waals surface area contributed by atoms with Gasteiger partial charge in [0.15, 0.2) is 0 Å². The third kappa shape index (κ3) is 9.79. The molecule has 3 amide bonds. The van der Waals surface area contributed by atoms with E-state index in [1.54, 1.807) is 49.6 Å². The molecule has 3 aromatic rings. The van der Waals surface area contributed by atoms with Gasteiger partial charge in [-0.2, -0.15) is 11.8 Å². The zero-order chi connectivity index (χ0) is 31.4. The topological polar surface area (TPSA) is 87.7 Å². The molecule has 0 spiro atoms. The molecule has 0 heterocycles. The number of hydrogen-bond acceptors (Lipinski definition) is 5. The number of rotatable bonds is 13. The highest BCUT2D eigenvalue weighted by Gasteiger charge is 2.37. The molecule has 2 unspecified atom stereocenters. The van der Waals surface area contributed by atoms with Gasteiger partial charge in [0, 0.05) is 17.8 Å². The molecule has 3 rings (SSSR count). The number of alkyl carbamates (subject to hydrolysis) is 1. The minimum Gasteiger partial charge on any atom is -0.444 e. The van der Waals surface area contributed by atoms with E-state index in [0.29, 0.717) is 42.0 Å². The third-order valence-corrected chi connectivity index (χ3v) is 7.52. The van der Waals surface area contributed by atoms with Crippen LogP contribution in [0.15, 0.2) is 66.7 Å². The quantitative estimate of drug-likeness (QED) is 0.160. The second kappa shape index (κ2) is 16.0. The van der Waals surface area contributed by atoms with Crippen LogP contribution in [-0.4, -0.2) is 53.0 Å². The summed E-state index contributed by atoms with van der Waals surface area (Å²) in [5.74, 6) is 2.57. The molecule has 8 heteroatoms. The highest BCUT2D eigenvalue weighted by molar-refractivity contribution is 7.98. The summed E-state index contributed by atoms with van der Waals surface area (Å²) in [6.45, 7) is 7.70. The highest BCUT2D eigenvalue weighted by atomic mass is 32.2. The van der Waals surface area contributed by atoms with E-state index in [1.165, 1.54) is 0 Å². The van der Waals surface area contributed by atoms with Crippen LogP contribution in [0.25, 0.3) is 10.8 Å². The van der Waals surface area contributed by atoms with Gasteiger partial charge in [0.05, 0.1) is 0 Å². The third-order valence-electron chi connectivity index (χ3n) is 6.87. The predicted molar refractivity (Wildman–Crippen MR) is 177 cm³/mol. The van der Waals surface area contributed by atoms with Crippen molar-refractivity contribution in [3.63, 3.8) is 0 Å². The van der Waals surface area contributed by atoms with Gasteiger partial charge in [0.2, 0.25) is 5.91 Å². The molecule has 0 saturated carbocycles. The van der Waals surface area contributed by atoms with Crippen molar-refractivity contribution in [1.29, 1.82) is 0 Å². The fourth-order valence-corrected chi connectivity index (χ4v) is 5.31. The van der Waals surface area contributed by atoms with Crippen LogP contribution in [0.1, 0.15) is 70.5 Å². The first kappa shape index (κ1) is 33.5. The molecule has 0 fully saturated rings. The number of nitrogens with one attached hydrogen (secondary N) is 2. The summed E-state index contributed by atoms with van der Waals surface area (Å²) in [5.41, 5.74) is 0.953. The molecule has 0 bridgehead atoms. The molecule has 0 aromatic heterocycles. The minimum atomic E-state index is -1.03. The van der Waals surface area contributed by atoms with Crippen molar-refractivity contribution in [3.8, 4) is 12.3 Å². The van der Waals surface area contributed by atoms with E-state index in [2.05, 4.69) is 23.5 Å². The second-order valence-electron chi connectivity index (χ2n) is 11.4. The second-order valence-corrected chi connectivity index (χ2v) is 12.4. The Labute approximate surface area is 260 Å². The smallest absolute Gasteiger partial charge is 0.408 e. The van der Waals surface area contributed by atoms with Crippen LogP contribution in [0.3, 0.4) is 0 Å². The van der Waals surface area contributed by atoms with Gasteiger partial charge in [-0.3, -0.25) is 9.59 Å². The summed E-state index contributed by atoms with van der Waals surface area (Å²) >= 11 is 1.57. The van der Waals surface area contributed by atoms with Crippen molar-refractivity contribution < 1.29 is 19.1 Å². The van der Waals surface area contributed by atoms with Crippen molar-refractivity contribution in [2.24, 2.45) is 0 Å². The molecular weight excluding hydrogens is 558 g/mol. The lowest BCUT2D eigenvalue weighted by Gasteiger charge is -2.35. The van der Waals surface area contributed by atoms with Crippen molar-refractivity contribution in [1.82, 2.24) is 10.2 Å². The molecule has 43 heavy (non-hydrogen) atoms. The van der Waals surface area contributed by atoms with Gasteiger partial charge in [-0.1, -0.05) is 74.2 Å². The standard InChI is InChI=1S/C35H43N3O4S/c1-7-9-14-22-38(33(40)30(21-23-43-6)37-34(41)42-35(3,4)5)31(29-18-13-12-15-25(29)8-2)32(39)36-28-20-19-26-16-10-11-17-27(26)24-28/h2,10-13,15-20,24,30-31H,7,9,14,21-23H2,1,3-6H3,(H,36,39)(H,37,41). The van der Waals surface area contributed by atoms with Crippen molar-refractivity contribution in [3.05, 3.63) is 77.9 Å². The van der Waals surface area contributed by atoms with Crippen LogP contribution >= 0.6 is 11.8 Å². The fraction of sp³-hybridized carbons (Fsp3) is 0.400. The Morgan fingerprint density at radius 3 is 2.37 bits per heavy atom. The average Bonchev–Trinajstić information content (AvgIpc) is 2.97. The van der Waals surface area contributed by atoms with E-state index in [4.69, 9.17) is 11.2 Å². The molecule has 0 radical (unpaired) electrons. The monoisotopic (exact) mass is 601 g/mol.